The molecule has 0 aliphatic heterocycles. The normalized spacial score (nSPS) is 10.3. The van der Waals surface area contributed by atoms with E-state index in [0.717, 1.165) is 11.8 Å². The fraction of sp³-hybridized carbons (Fsp3) is 0.231. The Balaban J connectivity index is 2.01. The highest BCUT2D eigenvalue weighted by atomic mass is 32.2. The van der Waals surface area contributed by atoms with Gasteiger partial charge in [-0.15, -0.1) is 10.2 Å². The number of amides is 1. The molecule has 0 bridgehead atoms. The standard InChI is InChI=1S/C13H14FN5O3S/c1-22-11(21)7-23-13-18-17-12(15)19(13)6-10(20)16-9-4-2-8(14)3-5-9/h2-5H,6-7H2,1H3,(H2,15,17)(H,16,20). The Hall–Kier alpha value is -2.62. The predicted octanol–water partition coefficient (Wildman–Crippen LogP) is 0.903. The van der Waals surface area contributed by atoms with Crippen molar-refractivity contribution in [2.45, 2.75) is 11.7 Å². The summed E-state index contributed by atoms with van der Waals surface area (Å²) in [4.78, 5) is 23.2. The molecule has 0 fully saturated rings. The lowest BCUT2D eigenvalue weighted by molar-refractivity contribution is -0.137. The zero-order valence-corrected chi connectivity index (χ0v) is 13.0. The number of rotatable bonds is 6. The van der Waals surface area contributed by atoms with Crippen molar-refractivity contribution in [3.63, 3.8) is 0 Å². The van der Waals surface area contributed by atoms with Crippen LogP contribution in [-0.4, -0.2) is 39.5 Å². The van der Waals surface area contributed by atoms with Crippen molar-refractivity contribution in [1.82, 2.24) is 14.8 Å². The van der Waals surface area contributed by atoms with Gasteiger partial charge in [-0.1, -0.05) is 11.8 Å². The number of ether oxygens (including phenoxy) is 1. The zero-order chi connectivity index (χ0) is 16.8. The molecule has 0 aliphatic rings. The van der Waals surface area contributed by atoms with E-state index in [9.17, 15) is 14.0 Å². The Bertz CT molecular complexity index is 704. The number of thioether (sulfide) groups is 1. The number of benzene rings is 1. The Labute approximate surface area is 135 Å². The smallest absolute Gasteiger partial charge is 0.316 e. The maximum absolute atomic E-state index is 12.8. The van der Waals surface area contributed by atoms with Gasteiger partial charge in [-0.05, 0) is 24.3 Å². The molecule has 1 heterocycles. The second kappa shape index (κ2) is 7.58. The number of aromatic nitrogens is 3. The van der Waals surface area contributed by atoms with Crippen molar-refractivity contribution in [1.29, 1.82) is 0 Å². The van der Waals surface area contributed by atoms with E-state index in [1.807, 2.05) is 0 Å². The third-order valence-corrected chi connectivity index (χ3v) is 3.66. The van der Waals surface area contributed by atoms with Gasteiger partial charge in [-0.25, -0.2) is 4.39 Å². The summed E-state index contributed by atoms with van der Waals surface area (Å²) in [5.41, 5.74) is 6.12. The van der Waals surface area contributed by atoms with Crippen LogP contribution >= 0.6 is 11.8 Å². The molecule has 0 saturated carbocycles. The summed E-state index contributed by atoms with van der Waals surface area (Å²) in [6.45, 7) is -0.139. The van der Waals surface area contributed by atoms with Crippen LogP contribution in [-0.2, 0) is 20.9 Å². The molecule has 0 unspecified atom stereocenters. The Kier molecular flexibility index (Phi) is 5.52. The second-order valence-electron chi connectivity index (χ2n) is 4.35. The maximum Gasteiger partial charge on any atom is 0.316 e. The summed E-state index contributed by atoms with van der Waals surface area (Å²) in [5.74, 6) is -1.14. The van der Waals surface area contributed by atoms with Gasteiger partial charge in [0.15, 0.2) is 5.16 Å². The number of nitrogens with one attached hydrogen (secondary N) is 1. The maximum atomic E-state index is 12.8. The minimum Gasteiger partial charge on any atom is -0.468 e. The lowest BCUT2D eigenvalue weighted by atomic mass is 10.3. The summed E-state index contributed by atoms with van der Waals surface area (Å²) in [6.07, 6.45) is 0. The van der Waals surface area contributed by atoms with E-state index in [1.54, 1.807) is 0 Å². The average Bonchev–Trinajstić information content (AvgIpc) is 2.87. The Morgan fingerprint density at radius 1 is 1.35 bits per heavy atom. The first-order valence-electron chi connectivity index (χ1n) is 6.43. The highest BCUT2D eigenvalue weighted by Gasteiger charge is 2.15. The molecule has 8 nitrogen and oxygen atoms in total. The molecule has 23 heavy (non-hydrogen) atoms. The van der Waals surface area contributed by atoms with E-state index >= 15 is 0 Å². The first-order valence-corrected chi connectivity index (χ1v) is 7.42. The molecule has 0 saturated heterocycles. The van der Waals surface area contributed by atoms with Gasteiger partial charge in [0.2, 0.25) is 11.9 Å². The van der Waals surface area contributed by atoms with Gasteiger partial charge in [-0.3, -0.25) is 14.2 Å². The van der Waals surface area contributed by atoms with Gasteiger partial charge < -0.3 is 15.8 Å². The monoisotopic (exact) mass is 339 g/mol. The first-order chi connectivity index (χ1) is 11.0. The van der Waals surface area contributed by atoms with Crippen molar-refractivity contribution in [3.05, 3.63) is 30.1 Å². The van der Waals surface area contributed by atoms with Crippen LogP contribution in [0.2, 0.25) is 0 Å². The van der Waals surface area contributed by atoms with Crippen LogP contribution < -0.4 is 11.1 Å². The molecule has 2 aromatic rings. The molecular formula is C13H14FN5O3S. The van der Waals surface area contributed by atoms with Crippen LogP contribution in [0.3, 0.4) is 0 Å². The fourth-order valence-electron chi connectivity index (χ4n) is 1.62. The zero-order valence-electron chi connectivity index (χ0n) is 12.2. The number of nitrogen functional groups attached to an aromatic ring is 1. The topological polar surface area (TPSA) is 112 Å². The number of hydrogen-bond acceptors (Lipinski definition) is 7. The molecule has 1 aromatic carbocycles. The molecule has 0 atom stereocenters. The molecule has 0 spiro atoms. The lowest BCUT2D eigenvalue weighted by Gasteiger charge is -2.08. The van der Waals surface area contributed by atoms with Crippen LogP contribution in [0, 0.1) is 5.82 Å². The van der Waals surface area contributed by atoms with E-state index in [0.29, 0.717) is 10.8 Å². The van der Waals surface area contributed by atoms with Crippen molar-refractivity contribution >= 4 is 35.3 Å². The number of methoxy groups -OCH3 is 1. The lowest BCUT2D eigenvalue weighted by Crippen LogP contribution is -2.20. The van der Waals surface area contributed by atoms with Gasteiger partial charge in [0.05, 0.1) is 12.9 Å². The number of halogens is 1. The number of anilines is 2. The summed E-state index contributed by atoms with van der Waals surface area (Å²) in [7, 11) is 1.28. The van der Waals surface area contributed by atoms with Crippen LogP contribution in [0.15, 0.2) is 29.4 Å². The quantitative estimate of drug-likeness (QED) is 0.594. The van der Waals surface area contributed by atoms with Crippen LogP contribution in [0.4, 0.5) is 16.0 Å². The molecule has 0 radical (unpaired) electrons. The van der Waals surface area contributed by atoms with E-state index < -0.39 is 11.8 Å². The van der Waals surface area contributed by atoms with Crippen LogP contribution in [0.1, 0.15) is 0 Å². The molecule has 10 heteroatoms. The minimum atomic E-state index is -0.432. The van der Waals surface area contributed by atoms with Crippen molar-refractivity contribution in [2.75, 3.05) is 23.9 Å². The second-order valence-corrected chi connectivity index (χ2v) is 5.29. The summed E-state index contributed by atoms with van der Waals surface area (Å²) >= 11 is 1.06. The van der Waals surface area contributed by atoms with Gasteiger partial charge in [0.25, 0.3) is 0 Å². The molecule has 0 aliphatic carbocycles. The van der Waals surface area contributed by atoms with Gasteiger partial charge in [-0.2, -0.15) is 0 Å². The number of carbonyl (C=O) groups is 2. The molecular weight excluding hydrogens is 325 g/mol. The van der Waals surface area contributed by atoms with Gasteiger partial charge in [0, 0.05) is 5.69 Å². The molecule has 1 aromatic heterocycles. The SMILES string of the molecule is COC(=O)CSc1nnc(N)n1CC(=O)Nc1ccc(F)cc1. The minimum absolute atomic E-state index is 0.0220. The number of nitrogens with zero attached hydrogens (tertiary/aromatic N) is 3. The van der Waals surface area contributed by atoms with E-state index in [-0.39, 0.29) is 24.2 Å². The highest BCUT2D eigenvalue weighted by molar-refractivity contribution is 7.99. The Morgan fingerprint density at radius 3 is 2.70 bits per heavy atom. The number of hydrogen-bond donors (Lipinski definition) is 2. The average molecular weight is 339 g/mol. The van der Waals surface area contributed by atoms with Crippen molar-refractivity contribution < 1.29 is 18.7 Å². The largest absolute Gasteiger partial charge is 0.468 e. The molecule has 2 rings (SSSR count). The van der Waals surface area contributed by atoms with E-state index in [2.05, 4.69) is 20.3 Å². The van der Waals surface area contributed by atoms with Gasteiger partial charge in [0.1, 0.15) is 12.4 Å². The van der Waals surface area contributed by atoms with Crippen LogP contribution in [0.25, 0.3) is 0 Å². The third kappa shape index (κ3) is 4.68. The van der Waals surface area contributed by atoms with Crippen molar-refractivity contribution in [2.24, 2.45) is 0 Å². The number of carbonyl (C=O) groups excluding carboxylic acids is 2. The first kappa shape index (κ1) is 16.7. The molecule has 1 amide bonds. The van der Waals surface area contributed by atoms with E-state index in [4.69, 9.17) is 5.73 Å². The highest BCUT2D eigenvalue weighted by Crippen LogP contribution is 2.18. The Morgan fingerprint density at radius 2 is 2.04 bits per heavy atom. The van der Waals surface area contributed by atoms with Crippen molar-refractivity contribution in [3.8, 4) is 0 Å². The summed E-state index contributed by atoms with van der Waals surface area (Å²) < 4.78 is 18.7. The van der Waals surface area contributed by atoms with Crippen LogP contribution in [0.5, 0.6) is 0 Å². The number of esters is 1. The molecule has 122 valence electrons. The predicted molar refractivity (Wildman–Crippen MR) is 82.2 cm³/mol. The van der Waals surface area contributed by atoms with E-state index in [1.165, 1.54) is 35.9 Å². The summed E-state index contributed by atoms with van der Waals surface area (Å²) in [5, 5.41) is 10.4. The fourth-order valence-corrected chi connectivity index (χ4v) is 2.39. The van der Waals surface area contributed by atoms with Gasteiger partial charge >= 0.3 is 5.97 Å². The number of nitrogens with two attached hydrogens (primary N) is 1. The summed E-state index contributed by atoms with van der Waals surface area (Å²) in [6, 6.07) is 5.35. The molecule has 3 N–H and O–H groups in total. The third-order valence-electron chi connectivity index (χ3n) is 2.72.